The summed E-state index contributed by atoms with van der Waals surface area (Å²) in [4.78, 5) is 4.89. The van der Waals surface area contributed by atoms with Gasteiger partial charge in [-0.2, -0.15) is 5.10 Å². The van der Waals surface area contributed by atoms with Gasteiger partial charge in [-0.1, -0.05) is 74.0 Å². The van der Waals surface area contributed by atoms with Crippen molar-refractivity contribution in [1.82, 2.24) is 4.98 Å². The molecule has 1 aromatic heterocycles. The zero-order chi connectivity index (χ0) is 22.9. The molecule has 1 aliphatic heterocycles. The van der Waals surface area contributed by atoms with E-state index in [1.54, 1.807) is 23.5 Å². The Kier molecular flexibility index (Phi) is 6.00. The molecule has 0 fully saturated rings. The van der Waals surface area contributed by atoms with E-state index in [0.717, 1.165) is 34.1 Å². The molecule has 1 atom stereocenters. The normalized spacial score (nSPS) is 15.8. The Labute approximate surface area is 202 Å². The number of aromatic nitrogens is 1. The molecule has 4 aromatic rings. The lowest BCUT2D eigenvalue weighted by Gasteiger charge is -2.21. The van der Waals surface area contributed by atoms with Crippen LogP contribution in [-0.4, -0.2) is 10.7 Å². The zero-order valence-corrected chi connectivity index (χ0v) is 19.9. The molecular formula is C27H23ClFN3S. The maximum atomic E-state index is 13.5. The van der Waals surface area contributed by atoms with Gasteiger partial charge in [0.15, 0.2) is 0 Å². The Morgan fingerprint density at radius 2 is 1.61 bits per heavy atom. The summed E-state index contributed by atoms with van der Waals surface area (Å²) in [6.07, 6.45) is 0.725. The van der Waals surface area contributed by atoms with E-state index in [2.05, 4.69) is 38.1 Å². The standard InChI is InChI=1S/C27H23ClFN3S/c1-17(2)18-3-5-21(6-4-18)26-15-24(19-9-13-23(29)14-10-19)31-32(26)27-30-25(16-33-27)20-7-11-22(28)12-8-20/h3-14,16-17,26H,15H2,1-2H3/t26-/m1/s1. The van der Waals surface area contributed by atoms with Crippen LogP contribution >= 0.6 is 22.9 Å². The average Bonchev–Trinajstić information content (AvgIpc) is 3.48. The van der Waals surface area contributed by atoms with E-state index >= 15 is 0 Å². The number of halogens is 2. The van der Waals surface area contributed by atoms with Crippen LogP contribution in [0.25, 0.3) is 11.3 Å². The number of rotatable bonds is 5. The van der Waals surface area contributed by atoms with Gasteiger partial charge in [0, 0.05) is 22.4 Å². The topological polar surface area (TPSA) is 28.5 Å². The van der Waals surface area contributed by atoms with Crippen LogP contribution in [0, 0.1) is 5.82 Å². The molecule has 0 N–H and O–H groups in total. The van der Waals surface area contributed by atoms with Crippen LogP contribution in [0.2, 0.25) is 5.02 Å². The number of thiazole rings is 1. The van der Waals surface area contributed by atoms with Gasteiger partial charge in [0.25, 0.3) is 0 Å². The maximum absolute atomic E-state index is 13.5. The predicted molar refractivity (Wildman–Crippen MR) is 136 cm³/mol. The molecular weight excluding hydrogens is 453 g/mol. The number of hydrazone groups is 1. The molecule has 0 radical (unpaired) electrons. The number of hydrogen-bond acceptors (Lipinski definition) is 4. The molecule has 0 bridgehead atoms. The van der Waals surface area contributed by atoms with E-state index in [1.165, 1.54) is 23.3 Å². The summed E-state index contributed by atoms with van der Waals surface area (Å²) in [5.74, 6) is 0.230. The van der Waals surface area contributed by atoms with Gasteiger partial charge < -0.3 is 0 Å². The lowest BCUT2D eigenvalue weighted by atomic mass is 9.95. The molecule has 3 nitrogen and oxygen atoms in total. The highest BCUT2D eigenvalue weighted by Gasteiger charge is 2.31. The third kappa shape index (κ3) is 4.56. The number of nitrogens with zero attached hydrogens (tertiary/aromatic N) is 3. The van der Waals surface area contributed by atoms with Crippen molar-refractivity contribution in [3.05, 3.63) is 106 Å². The molecule has 0 spiro atoms. The number of hydrogen-bond donors (Lipinski definition) is 0. The second-order valence-corrected chi connectivity index (χ2v) is 9.73. The fourth-order valence-corrected chi connectivity index (χ4v) is 4.95. The van der Waals surface area contributed by atoms with Crippen molar-refractivity contribution in [3.63, 3.8) is 0 Å². The lowest BCUT2D eigenvalue weighted by molar-refractivity contribution is 0.627. The second-order valence-electron chi connectivity index (χ2n) is 8.46. The minimum absolute atomic E-state index is 0.0236. The molecule has 0 aliphatic carbocycles. The van der Waals surface area contributed by atoms with Crippen molar-refractivity contribution in [2.75, 3.05) is 5.01 Å². The van der Waals surface area contributed by atoms with Crippen LogP contribution < -0.4 is 5.01 Å². The van der Waals surface area contributed by atoms with Crippen molar-refractivity contribution in [2.45, 2.75) is 32.2 Å². The average molecular weight is 476 g/mol. The summed E-state index contributed by atoms with van der Waals surface area (Å²) in [7, 11) is 0. The first-order valence-corrected chi connectivity index (χ1v) is 12.2. The molecule has 0 amide bonds. The molecule has 0 saturated heterocycles. The van der Waals surface area contributed by atoms with Crippen LogP contribution in [0.5, 0.6) is 0 Å². The largest absolute Gasteiger partial charge is 0.231 e. The van der Waals surface area contributed by atoms with E-state index in [4.69, 9.17) is 21.7 Å². The number of benzene rings is 3. The monoisotopic (exact) mass is 475 g/mol. The van der Waals surface area contributed by atoms with Gasteiger partial charge >= 0.3 is 0 Å². The molecule has 3 aromatic carbocycles. The van der Waals surface area contributed by atoms with E-state index in [9.17, 15) is 4.39 Å². The molecule has 166 valence electrons. The quantitative estimate of drug-likeness (QED) is 0.292. The summed E-state index contributed by atoms with van der Waals surface area (Å²) in [6, 6.07) is 23.0. The van der Waals surface area contributed by atoms with Gasteiger partial charge in [-0.25, -0.2) is 14.4 Å². The molecule has 6 heteroatoms. The first-order valence-electron chi connectivity index (χ1n) is 10.9. The Bertz CT molecular complexity index is 1280. The van der Waals surface area contributed by atoms with Crippen LogP contribution in [0.1, 0.15) is 48.9 Å². The van der Waals surface area contributed by atoms with Crippen molar-refractivity contribution in [1.29, 1.82) is 0 Å². The molecule has 0 unspecified atom stereocenters. The van der Waals surface area contributed by atoms with Gasteiger partial charge in [-0.3, -0.25) is 0 Å². The summed E-state index contributed by atoms with van der Waals surface area (Å²) < 4.78 is 13.5. The maximum Gasteiger partial charge on any atom is 0.207 e. The highest BCUT2D eigenvalue weighted by atomic mass is 35.5. The summed E-state index contributed by atoms with van der Waals surface area (Å²) in [5, 5.41) is 10.5. The zero-order valence-electron chi connectivity index (χ0n) is 18.4. The Hall–Kier alpha value is -3.02. The van der Waals surface area contributed by atoms with E-state index in [0.29, 0.717) is 10.9 Å². The summed E-state index contributed by atoms with van der Waals surface area (Å²) >= 11 is 7.61. The van der Waals surface area contributed by atoms with Crippen LogP contribution in [-0.2, 0) is 0 Å². The fraction of sp³-hybridized carbons (Fsp3) is 0.185. The minimum atomic E-state index is -0.248. The first kappa shape index (κ1) is 21.8. The van der Waals surface area contributed by atoms with E-state index < -0.39 is 0 Å². The molecule has 0 saturated carbocycles. The van der Waals surface area contributed by atoms with E-state index in [-0.39, 0.29) is 11.9 Å². The van der Waals surface area contributed by atoms with Crippen LogP contribution in [0.4, 0.5) is 9.52 Å². The van der Waals surface area contributed by atoms with Crippen molar-refractivity contribution >= 4 is 33.8 Å². The van der Waals surface area contributed by atoms with Crippen LogP contribution in [0.15, 0.2) is 83.3 Å². The Balaban J connectivity index is 1.51. The predicted octanol–water partition coefficient (Wildman–Crippen LogP) is 8.08. The highest BCUT2D eigenvalue weighted by Crippen LogP contribution is 2.39. The van der Waals surface area contributed by atoms with Gasteiger partial charge in [-0.05, 0) is 46.9 Å². The van der Waals surface area contributed by atoms with Gasteiger partial charge in [0.05, 0.1) is 17.4 Å². The minimum Gasteiger partial charge on any atom is -0.231 e. The molecule has 33 heavy (non-hydrogen) atoms. The Morgan fingerprint density at radius 1 is 0.939 bits per heavy atom. The lowest BCUT2D eigenvalue weighted by Crippen LogP contribution is -2.18. The smallest absolute Gasteiger partial charge is 0.207 e. The third-order valence-electron chi connectivity index (χ3n) is 5.90. The first-order chi connectivity index (χ1) is 16.0. The van der Waals surface area contributed by atoms with Crippen molar-refractivity contribution in [2.24, 2.45) is 5.10 Å². The SMILES string of the molecule is CC(C)c1ccc([C@H]2CC(c3ccc(F)cc3)=NN2c2nc(-c3ccc(Cl)cc3)cs2)cc1. The second kappa shape index (κ2) is 9.08. The molecule has 2 heterocycles. The number of anilines is 1. The van der Waals surface area contributed by atoms with Gasteiger partial charge in [0.2, 0.25) is 5.13 Å². The summed E-state index contributed by atoms with van der Waals surface area (Å²) in [6.45, 7) is 4.39. The van der Waals surface area contributed by atoms with Crippen molar-refractivity contribution < 1.29 is 4.39 Å². The Morgan fingerprint density at radius 3 is 2.27 bits per heavy atom. The van der Waals surface area contributed by atoms with Gasteiger partial charge in [-0.15, -0.1) is 11.3 Å². The fourth-order valence-electron chi connectivity index (χ4n) is 3.99. The molecule has 1 aliphatic rings. The highest BCUT2D eigenvalue weighted by molar-refractivity contribution is 7.14. The summed E-state index contributed by atoms with van der Waals surface area (Å²) in [5.41, 5.74) is 6.26. The van der Waals surface area contributed by atoms with E-state index in [1.807, 2.05) is 34.7 Å². The van der Waals surface area contributed by atoms with Gasteiger partial charge in [0.1, 0.15) is 5.82 Å². The third-order valence-corrected chi connectivity index (χ3v) is 6.99. The van der Waals surface area contributed by atoms with Crippen LogP contribution in [0.3, 0.4) is 0 Å². The molecule has 5 rings (SSSR count). The van der Waals surface area contributed by atoms with Crippen molar-refractivity contribution in [3.8, 4) is 11.3 Å².